The number of nitrogens with zero attached hydrogens (tertiary/aromatic N) is 1. The zero-order chi connectivity index (χ0) is 8.43. The van der Waals surface area contributed by atoms with Gasteiger partial charge in [-0.25, -0.2) is 9.37 Å². The number of halogens is 1. The molecule has 11 heavy (non-hydrogen) atoms. The maximum absolute atomic E-state index is 12.7. The number of hydrogen-bond donors (Lipinski definition) is 1. The fraction of sp³-hybridized carbons (Fsp3) is 0.143. The summed E-state index contributed by atoms with van der Waals surface area (Å²) in [6, 6.07) is 2.43. The number of anilines is 1. The summed E-state index contributed by atoms with van der Waals surface area (Å²) in [6.45, 7) is 1.24. The van der Waals surface area contributed by atoms with Crippen LogP contribution in [0.25, 0.3) is 0 Å². The highest BCUT2D eigenvalue weighted by Gasteiger charge is 2.07. The molecule has 0 atom stereocenters. The molecule has 1 aromatic heterocycles. The number of hydrogen-bond acceptors (Lipinski definition) is 3. The first-order valence-corrected chi connectivity index (χ1v) is 3.04. The van der Waals surface area contributed by atoms with Gasteiger partial charge in [0.15, 0.2) is 11.6 Å². The molecule has 0 aromatic carbocycles. The first kappa shape index (κ1) is 7.65. The number of Topliss-reactive ketones (excluding diaryl/α,β-unsaturated/α-hetero) is 1. The molecule has 0 saturated heterocycles. The van der Waals surface area contributed by atoms with Crippen molar-refractivity contribution in [2.75, 3.05) is 5.73 Å². The van der Waals surface area contributed by atoms with Gasteiger partial charge in [0.2, 0.25) is 0 Å². The Morgan fingerprint density at radius 2 is 2.27 bits per heavy atom. The standard InChI is InChI=1S/C7H7FN2O/c1-4(11)7-5(8)2-3-6(9)10-7/h2-3H,1H3,(H2,9,10). The van der Waals surface area contributed by atoms with Gasteiger partial charge < -0.3 is 5.73 Å². The van der Waals surface area contributed by atoms with Crippen LogP contribution in [0, 0.1) is 5.82 Å². The fourth-order valence-electron chi connectivity index (χ4n) is 0.704. The first-order chi connectivity index (χ1) is 5.11. The Hall–Kier alpha value is -1.45. The van der Waals surface area contributed by atoms with Crippen molar-refractivity contribution in [3.63, 3.8) is 0 Å². The monoisotopic (exact) mass is 154 g/mol. The van der Waals surface area contributed by atoms with Crippen LogP contribution in [0.15, 0.2) is 12.1 Å². The second kappa shape index (κ2) is 2.65. The Morgan fingerprint density at radius 1 is 1.64 bits per heavy atom. The van der Waals surface area contributed by atoms with Gasteiger partial charge in [-0.2, -0.15) is 0 Å². The topological polar surface area (TPSA) is 56.0 Å². The molecule has 0 aliphatic carbocycles. The highest BCUT2D eigenvalue weighted by molar-refractivity contribution is 5.92. The lowest BCUT2D eigenvalue weighted by Gasteiger charge is -1.97. The third-order valence-corrected chi connectivity index (χ3v) is 1.20. The van der Waals surface area contributed by atoms with E-state index >= 15 is 0 Å². The van der Waals surface area contributed by atoms with Gasteiger partial charge in [-0.3, -0.25) is 4.79 Å². The van der Waals surface area contributed by atoms with Crippen molar-refractivity contribution in [2.24, 2.45) is 0 Å². The van der Waals surface area contributed by atoms with Crippen LogP contribution in [-0.2, 0) is 0 Å². The molecule has 0 bridgehead atoms. The van der Waals surface area contributed by atoms with E-state index in [2.05, 4.69) is 4.98 Å². The molecular formula is C7H7FN2O. The van der Waals surface area contributed by atoms with E-state index in [1.165, 1.54) is 13.0 Å². The molecule has 0 aliphatic rings. The molecule has 2 N–H and O–H groups in total. The Morgan fingerprint density at radius 3 is 2.73 bits per heavy atom. The maximum atomic E-state index is 12.7. The van der Waals surface area contributed by atoms with Crippen molar-refractivity contribution < 1.29 is 9.18 Å². The third-order valence-electron chi connectivity index (χ3n) is 1.20. The Kier molecular flexibility index (Phi) is 1.85. The average Bonchev–Trinajstić information content (AvgIpc) is 1.94. The predicted molar refractivity (Wildman–Crippen MR) is 38.6 cm³/mol. The quantitative estimate of drug-likeness (QED) is 0.614. The van der Waals surface area contributed by atoms with Crippen molar-refractivity contribution >= 4 is 11.6 Å². The Bertz CT molecular complexity index is 298. The van der Waals surface area contributed by atoms with Crippen molar-refractivity contribution in [3.8, 4) is 0 Å². The highest BCUT2D eigenvalue weighted by Crippen LogP contribution is 2.06. The minimum Gasteiger partial charge on any atom is -0.384 e. The van der Waals surface area contributed by atoms with E-state index in [-0.39, 0.29) is 11.5 Å². The molecule has 1 aromatic rings. The molecule has 4 heteroatoms. The molecule has 0 spiro atoms. The number of carbonyl (C=O) groups excluding carboxylic acids is 1. The minimum absolute atomic E-state index is 0.150. The van der Waals surface area contributed by atoms with Gasteiger partial charge in [-0.05, 0) is 12.1 Å². The number of ketones is 1. The number of nitrogen functional groups attached to an aromatic ring is 1. The smallest absolute Gasteiger partial charge is 0.181 e. The van der Waals surface area contributed by atoms with Gasteiger partial charge in [0.25, 0.3) is 0 Å². The minimum atomic E-state index is -0.633. The number of aromatic nitrogens is 1. The summed E-state index contributed by atoms with van der Waals surface area (Å²) >= 11 is 0. The summed E-state index contributed by atoms with van der Waals surface area (Å²) in [5, 5.41) is 0. The fourth-order valence-corrected chi connectivity index (χ4v) is 0.704. The van der Waals surface area contributed by atoms with Crippen LogP contribution >= 0.6 is 0 Å². The van der Waals surface area contributed by atoms with E-state index in [0.717, 1.165) is 6.07 Å². The Balaban J connectivity index is 3.23. The summed E-state index contributed by atoms with van der Waals surface area (Å²) < 4.78 is 12.7. The molecule has 1 heterocycles. The van der Waals surface area contributed by atoms with Gasteiger partial charge >= 0.3 is 0 Å². The Labute approximate surface area is 63.0 Å². The van der Waals surface area contributed by atoms with E-state index in [0.29, 0.717) is 0 Å². The number of carbonyl (C=O) groups is 1. The second-order valence-electron chi connectivity index (χ2n) is 2.12. The van der Waals surface area contributed by atoms with Crippen LogP contribution < -0.4 is 5.73 Å². The highest BCUT2D eigenvalue weighted by atomic mass is 19.1. The molecule has 0 aliphatic heterocycles. The normalized spacial score (nSPS) is 9.64. The largest absolute Gasteiger partial charge is 0.384 e. The molecule has 0 unspecified atom stereocenters. The summed E-state index contributed by atoms with van der Waals surface area (Å²) in [5.74, 6) is -0.905. The zero-order valence-corrected chi connectivity index (χ0v) is 5.97. The van der Waals surface area contributed by atoms with Crippen LogP contribution in [-0.4, -0.2) is 10.8 Å². The SMILES string of the molecule is CC(=O)c1nc(N)ccc1F. The van der Waals surface area contributed by atoms with Crippen LogP contribution in [0.3, 0.4) is 0 Å². The predicted octanol–water partition coefficient (Wildman–Crippen LogP) is 1.01. The molecular weight excluding hydrogens is 147 g/mol. The van der Waals surface area contributed by atoms with Gasteiger partial charge in [0.1, 0.15) is 11.5 Å². The molecule has 3 nitrogen and oxygen atoms in total. The van der Waals surface area contributed by atoms with E-state index < -0.39 is 11.6 Å². The van der Waals surface area contributed by atoms with Gasteiger partial charge in [0, 0.05) is 6.92 Å². The van der Waals surface area contributed by atoms with Crippen LogP contribution in [0.2, 0.25) is 0 Å². The first-order valence-electron chi connectivity index (χ1n) is 3.04. The van der Waals surface area contributed by atoms with Crippen LogP contribution in [0.5, 0.6) is 0 Å². The lowest BCUT2D eigenvalue weighted by Crippen LogP contribution is -2.03. The second-order valence-corrected chi connectivity index (χ2v) is 2.12. The summed E-state index contributed by atoms with van der Waals surface area (Å²) in [7, 11) is 0. The maximum Gasteiger partial charge on any atom is 0.181 e. The lowest BCUT2D eigenvalue weighted by molar-refractivity contribution is 0.100. The molecule has 1 rings (SSSR count). The third kappa shape index (κ3) is 1.52. The molecule has 0 amide bonds. The van der Waals surface area contributed by atoms with Crippen molar-refractivity contribution in [1.82, 2.24) is 4.98 Å². The lowest BCUT2D eigenvalue weighted by atomic mass is 10.2. The number of pyridine rings is 1. The van der Waals surface area contributed by atoms with Gasteiger partial charge in [-0.15, -0.1) is 0 Å². The van der Waals surface area contributed by atoms with E-state index in [9.17, 15) is 9.18 Å². The molecule has 0 radical (unpaired) electrons. The van der Waals surface area contributed by atoms with Crippen LogP contribution in [0.1, 0.15) is 17.4 Å². The summed E-state index contributed by atoms with van der Waals surface area (Å²) in [6.07, 6.45) is 0. The number of nitrogens with two attached hydrogens (primary N) is 1. The number of rotatable bonds is 1. The summed E-state index contributed by atoms with van der Waals surface area (Å²) in [5.41, 5.74) is 5.03. The van der Waals surface area contributed by atoms with Crippen LogP contribution in [0.4, 0.5) is 10.2 Å². The molecule has 0 saturated carbocycles. The van der Waals surface area contributed by atoms with Gasteiger partial charge in [0.05, 0.1) is 0 Å². The van der Waals surface area contributed by atoms with E-state index in [1.807, 2.05) is 0 Å². The van der Waals surface area contributed by atoms with E-state index in [1.54, 1.807) is 0 Å². The van der Waals surface area contributed by atoms with Crippen molar-refractivity contribution in [1.29, 1.82) is 0 Å². The van der Waals surface area contributed by atoms with Gasteiger partial charge in [-0.1, -0.05) is 0 Å². The van der Waals surface area contributed by atoms with Crippen molar-refractivity contribution in [2.45, 2.75) is 6.92 Å². The molecule has 58 valence electrons. The van der Waals surface area contributed by atoms with Crippen molar-refractivity contribution in [3.05, 3.63) is 23.6 Å². The average molecular weight is 154 g/mol. The van der Waals surface area contributed by atoms with E-state index in [4.69, 9.17) is 5.73 Å². The molecule has 0 fully saturated rings. The zero-order valence-electron chi connectivity index (χ0n) is 5.97. The summed E-state index contributed by atoms with van der Waals surface area (Å²) in [4.78, 5) is 14.2.